The highest BCUT2D eigenvalue weighted by Crippen LogP contribution is 2.09. The number of hydrogen-bond donors (Lipinski definition) is 3. The summed E-state index contributed by atoms with van der Waals surface area (Å²) in [5.41, 5.74) is 0. The van der Waals surface area contributed by atoms with Gasteiger partial charge in [0.15, 0.2) is 0 Å². The lowest BCUT2D eigenvalue weighted by atomic mass is 10.1. The Balaban J connectivity index is 3.49. The van der Waals surface area contributed by atoms with Gasteiger partial charge in [0, 0.05) is 32.6 Å². The molecule has 0 spiro atoms. The maximum atomic E-state index is 11.8. The first-order valence-electron chi connectivity index (χ1n) is 11.0. The largest absolute Gasteiger partial charge is 0.466 e. The number of ether oxygens (including phenoxy) is 1. The van der Waals surface area contributed by atoms with E-state index in [1.54, 1.807) is 0 Å². The van der Waals surface area contributed by atoms with Gasteiger partial charge < -0.3 is 20.3 Å². The van der Waals surface area contributed by atoms with Crippen molar-refractivity contribution in [2.45, 2.75) is 77.6 Å². The maximum absolute atomic E-state index is 11.8. The molecule has 27 heavy (non-hydrogen) atoms. The maximum Gasteiger partial charge on any atom is 0.305 e. The Morgan fingerprint density at radius 2 is 1.48 bits per heavy atom. The number of unbranched alkanes of at least 4 members (excludes halogenated alkanes) is 8. The normalized spacial score (nSPS) is 11.3. The quantitative estimate of drug-likeness (QED) is 0.207. The van der Waals surface area contributed by atoms with Crippen LogP contribution in [-0.2, 0) is 9.53 Å². The summed E-state index contributed by atoms with van der Waals surface area (Å²) in [5.74, 6) is -0.114. The summed E-state index contributed by atoms with van der Waals surface area (Å²) in [7, 11) is 0. The molecule has 0 aliphatic rings. The average Bonchev–Trinajstić information content (AvgIpc) is 2.66. The van der Waals surface area contributed by atoms with Crippen LogP contribution in [0, 0.1) is 0 Å². The van der Waals surface area contributed by atoms with Gasteiger partial charge in [0.2, 0.25) is 0 Å². The van der Waals surface area contributed by atoms with Crippen LogP contribution < -0.4 is 5.32 Å². The van der Waals surface area contributed by atoms with Gasteiger partial charge in [-0.1, -0.05) is 58.3 Å². The summed E-state index contributed by atoms with van der Waals surface area (Å²) >= 11 is 0. The van der Waals surface area contributed by atoms with Gasteiger partial charge in [0.05, 0.1) is 19.8 Å². The minimum Gasteiger partial charge on any atom is -0.466 e. The number of nitrogens with one attached hydrogen (secondary N) is 1. The fourth-order valence-electron chi connectivity index (χ4n) is 3.04. The van der Waals surface area contributed by atoms with Crippen LogP contribution in [0.3, 0.4) is 0 Å². The monoisotopic (exact) mass is 388 g/mol. The van der Waals surface area contributed by atoms with Crippen molar-refractivity contribution in [2.24, 2.45) is 0 Å². The Bertz CT molecular complexity index is 317. The lowest BCUT2D eigenvalue weighted by Crippen LogP contribution is -2.35. The van der Waals surface area contributed by atoms with Gasteiger partial charge in [0.25, 0.3) is 0 Å². The van der Waals surface area contributed by atoms with Crippen LogP contribution in [0.5, 0.6) is 0 Å². The van der Waals surface area contributed by atoms with Crippen LogP contribution in [0.2, 0.25) is 0 Å². The molecule has 6 heteroatoms. The molecule has 0 saturated heterocycles. The van der Waals surface area contributed by atoms with E-state index >= 15 is 0 Å². The Morgan fingerprint density at radius 1 is 0.815 bits per heavy atom. The summed E-state index contributed by atoms with van der Waals surface area (Å²) in [4.78, 5) is 13.9. The standard InChI is InChI=1S/C21H44N2O4/c1-2-3-4-5-6-7-8-9-10-20-27-21(26)12-11-15-23(17-19-25)16-13-22-14-18-24/h22,24-25H,2-20H2,1H3. The molecule has 0 saturated carbocycles. The zero-order chi connectivity index (χ0) is 20.0. The van der Waals surface area contributed by atoms with Crippen molar-refractivity contribution in [3.8, 4) is 0 Å². The van der Waals surface area contributed by atoms with E-state index in [1.165, 1.54) is 44.9 Å². The highest BCUT2D eigenvalue weighted by molar-refractivity contribution is 5.69. The molecule has 0 aliphatic heterocycles. The zero-order valence-electron chi connectivity index (χ0n) is 17.6. The molecule has 0 aromatic heterocycles. The van der Waals surface area contributed by atoms with E-state index in [-0.39, 0.29) is 19.2 Å². The Labute approximate surface area is 166 Å². The molecule has 0 fully saturated rings. The van der Waals surface area contributed by atoms with Gasteiger partial charge in [0.1, 0.15) is 0 Å². The molecule has 0 atom stereocenters. The molecule has 3 N–H and O–H groups in total. The number of nitrogens with zero attached hydrogens (tertiary/aromatic N) is 1. The second-order valence-electron chi connectivity index (χ2n) is 7.19. The number of rotatable bonds is 21. The third-order valence-electron chi connectivity index (χ3n) is 4.68. The molecule has 0 aromatic rings. The number of aliphatic hydroxyl groups is 2. The van der Waals surface area contributed by atoms with Crippen molar-refractivity contribution in [2.75, 3.05) is 52.5 Å². The highest BCUT2D eigenvalue weighted by Gasteiger charge is 2.07. The summed E-state index contributed by atoms with van der Waals surface area (Å²) in [6, 6.07) is 0. The SMILES string of the molecule is CCCCCCCCCCCOC(=O)CCCN(CCO)CCNCCO. The average molecular weight is 389 g/mol. The molecule has 162 valence electrons. The first-order chi connectivity index (χ1) is 13.2. The third kappa shape index (κ3) is 19.9. The number of aliphatic hydroxyl groups excluding tert-OH is 2. The Kier molecular flexibility index (Phi) is 21.1. The second kappa shape index (κ2) is 21.6. The highest BCUT2D eigenvalue weighted by atomic mass is 16.5. The van der Waals surface area contributed by atoms with E-state index in [9.17, 15) is 4.79 Å². The first kappa shape index (κ1) is 26.3. The van der Waals surface area contributed by atoms with E-state index in [0.717, 1.165) is 38.9 Å². The molecule has 0 radical (unpaired) electrons. The van der Waals surface area contributed by atoms with Crippen molar-refractivity contribution in [3.05, 3.63) is 0 Å². The van der Waals surface area contributed by atoms with Gasteiger partial charge >= 0.3 is 5.97 Å². The van der Waals surface area contributed by atoms with Crippen LogP contribution in [0.1, 0.15) is 77.6 Å². The molecule has 0 aromatic carbocycles. The van der Waals surface area contributed by atoms with Gasteiger partial charge in [-0.2, -0.15) is 0 Å². The molecule has 0 amide bonds. The van der Waals surface area contributed by atoms with E-state index in [0.29, 0.717) is 26.1 Å². The topological polar surface area (TPSA) is 82.0 Å². The molecular weight excluding hydrogens is 344 g/mol. The van der Waals surface area contributed by atoms with Crippen molar-refractivity contribution < 1.29 is 19.7 Å². The van der Waals surface area contributed by atoms with Crippen molar-refractivity contribution in [1.82, 2.24) is 10.2 Å². The minimum atomic E-state index is -0.114. The molecule has 6 nitrogen and oxygen atoms in total. The zero-order valence-corrected chi connectivity index (χ0v) is 17.6. The summed E-state index contributed by atoms with van der Waals surface area (Å²) in [5, 5.41) is 21.0. The fourth-order valence-corrected chi connectivity index (χ4v) is 3.04. The summed E-state index contributed by atoms with van der Waals surface area (Å²) < 4.78 is 5.31. The van der Waals surface area contributed by atoms with Gasteiger partial charge in [-0.25, -0.2) is 0 Å². The van der Waals surface area contributed by atoms with E-state index < -0.39 is 0 Å². The van der Waals surface area contributed by atoms with Crippen LogP contribution >= 0.6 is 0 Å². The number of hydrogen-bond acceptors (Lipinski definition) is 6. The van der Waals surface area contributed by atoms with E-state index in [4.69, 9.17) is 14.9 Å². The van der Waals surface area contributed by atoms with Gasteiger partial charge in [-0.05, 0) is 19.4 Å². The van der Waals surface area contributed by atoms with Crippen molar-refractivity contribution >= 4 is 5.97 Å². The smallest absolute Gasteiger partial charge is 0.305 e. The van der Waals surface area contributed by atoms with Gasteiger partial charge in [-0.15, -0.1) is 0 Å². The molecule has 0 heterocycles. The molecule has 0 aliphatic carbocycles. The number of carbonyl (C=O) groups is 1. The van der Waals surface area contributed by atoms with E-state index in [1.807, 2.05) is 0 Å². The third-order valence-corrected chi connectivity index (χ3v) is 4.68. The van der Waals surface area contributed by atoms with Gasteiger partial charge in [-0.3, -0.25) is 9.69 Å². The second-order valence-corrected chi connectivity index (χ2v) is 7.19. The molecule has 0 rings (SSSR count). The van der Waals surface area contributed by atoms with Crippen LogP contribution in [0.25, 0.3) is 0 Å². The lowest BCUT2D eigenvalue weighted by Gasteiger charge is -2.21. The van der Waals surface area contributed by atoms with E-state index in [2.05, 4.69) is 17.1 Å². The number of esters is 1. The first-order valence-corrected chi connectivity index (χ1v) is 11.0. The fraction of sp³-hybridized carbons (Fsp3) is 0.952. The minimum absolute atomic E-state index is 0.114. The molecule has 0 bridgehead atoms. The molecular formula is C21H44N2O4. The predicted octanol–water partition coefficient (Wildman–Crippen LogP) is 2.72. The predicted molar refractivity (Wildman–Crippen MR) is 111 cm³/mol. The Hall–Kier alpha value is -0.690. The summed E-state index contributed by atoms with van der Waals surface area (Å²) in [6.07, 6.45) is 12.5. The van der Waals surface area contributed by atoms with Crippen LogP contribution in [0.4, 0.5) is 0 Å². The van der Waals surface area contributed by atoms with Crippen molar-refractivity contribution in [3.63, 3.8) is 0 Å². The lowest BCUT2D eigenvalue weighted by molar-refractivity contribution is -0.143. The number of carbonyl (C=O) groups excluding carboxylic acids is 1. The molecule has 0 unspecified atom stereocenters. The van der Waals surface area contributed by atoms with Crippen LogP contribution in [-0.4, -0.2) is 73.6 Å². The summed E-state index contributed by atoms with van der Waals surface area (Å²) in [6.45, 7) is 6.55. The van der Waals surface area contributed by atoms with Crippen molar-refractivity contribution in [1.29, 1.82) is 0 Å². The van der Waals surface area contributed by atoms with Crippen LogP contribution in [0.15, 0.2) is 0 Å². The Morgan fingerprint density at radius 3 is 2.11 bits per heavy atom.